The first-order valence-electron chi connectivity index (χ1n) is 6.66. The van der Waals surface area contributed by atoms with E-state index in [1.807, 2.05) is 0 Å². The van der Waals surface area contributed by atoms with Crippen LogP contribution in [0.3, 0.4) is 0 Å². The summed E-state index contributed by atoms with van der Waals surface area (Å²) in [5, 5.41) is 6.74. The standard InChI is InChI=1S/C14H25N3S/c1-5-7-15-8-14-16-13(11-18-14)10-17(6-2)9-12(3)4/h11,15H,3,5-10H2,1-2,4H3. The molecule has 1 rings (SSSR count). The summed E-state index contributed by atoms with van der Waals surface area (Å²) < 4.78 is 0. The van der Waals surface area contributed by atoms with Gasteiger partial charge < -0.3 is 5.32 Å². The molecule has 0 bridgehead atoms. The normalized spacial score (nSPS) is 11.1. The molecule has 1 N–H and O–H groups in total. The van der Waals surface area contributed by atoms with E-state index in [1.54, 1.807) is 11.3 Å². The second-order valence-corrected chi connectivity index (χ2v) is 5.61. The number of likely N-dealkylation sites (N-methyl/N-ethyl adjacent to an activating group) is 1. The molecule has 4 heteroatoms. The maximum absolute atomic E-state index is 4.66. The van der Waals surface area contributed by atoms with E-state index < -0.39 is 0 Å². The quantitative estimate of drug-likeness (QED) is 0.550. The number of thiazole rings is 1. The van der Waals surface area contributed by atoms with Crippen LogP contribution >= 0.6 is 11.3 Å². The lowest BCUT2D eigenvalue weighted by molar-refractivity contribution is 0.301. The zero-order valence-corrected chi connectivity index (χ0v) is 12.6. The monoisotopic (exact) mass is 267 g/mol. The molecule has 1 aromatic rings. The van der Waals surface area contributed by atoms with Gasteiger partial charge in [-0.2, -0.15) is 0 Å². The van der Waals surface area contributed by atoms with Gasteiger partial charge in [-0.25, -0.2) is 4.98 Å². The van der Waals surface area contributed by atoms with E-state index in [1.165, 1.54) is 22.7 Å². The highest BCUT2D eigenvalue weighted by Gasteiger charge is 2.07. The fourth-order valence-electron chi connectivity index (χ4n) is 1.77. The Morgan fingerprint density at radius 2 is 2.28 bits per heavy atom. The number of nitrogens with zero attached hydrogens (tertiary/aromatic N) is 2. The van der Waals surface area contributed by atoms with Gasteiger partial charge in [0.15, 0.2) is 0 Å². The summed E-state index contributed by atoms with van der Waals surface area (Å²) in [5.74, 6) is 0. The molecule has 0 aliphatic heterocycles. The first kappa shape index (κ1) is 15.3. The third-order valence-electron chi connectivity index (χ3n) is 2.63. The molecule has 1 heterocycles. The van der Waals surface area contributed by atoms with E-state index in [4.69, 9.17) is 0 Å². The van der Waals surface area contributed by atoms with Crippen molar-refractivity contribution < 1.29 is 0 Å². The lowest BCUT2D eigenvalue weighted by Gasteiger charge is -2.18. The topological polar surface area (TPSA) is 28.2 Å². The minimum Gasteiger partial charge on any atom is -0.310 e. The number of hydrogen-bond acceptors (Lipinski definition) is 4. The Morgan fingerprint density at radius 3 is 2.89 bits per heavy atom. The smallest absolute Gasteiger partial charge is 0.107 e. The van der Waals surface area contributed by atoms with Gasteiger partial charge in [-0.05, 0) is 26.4 Å². The van der Waals surface area contributed by atoms with E-state index in [0.717, 1.165) is 32.7 Å². The Balaban J connectivity index is 2.44. The average Bonchev–Trinajstić information content (AvgIpc) is 2.76. The maximum Gasteiger partial charge on any atom is 0.107 e. The Hall–Kier alpha value is -0.710. The molecular formula is C14H25N3S. The van der Waals surface area contributed by atoms with Gasteiger partial charge in [0, 0.05) is 25.0 Å². The van der Waals surface area contributed by atoms with Crippen molar-refractivity contribution in [1.82, 2.24) is 15.2 Å². The molecule has 0 atom stereocenters. The van der Waals surface area contributed by atoms with Gasteiger partial charge in [0.1, 0.15) is 5.01 Å². The highest BCUT2D eigenvalue weighted by molar-refractivity contribution is 7.09. The predicted octanol–water partition coefficient (Wildman–Crippen LogP) is 3.04. The molecule has 1 aromatic heterocycles. The Kier molecular flexibility index (Phi) is 7.16. The fourth-order valence-corrected chi connectivity index (χ4v) is 2.52. The van der Waals surface area contributed by atoms with Crippen LogP contribution in [-0.4, -0.2) is 29.5 Å². The highest BCUT2D eigenvalue weighted by Crippen LogP contribution is 2.12. The predicted molar refractivity (Wildman–Crippen MR) is 79.9 cm³/mol. The van der Waals surface area contributed by atoms with Gasteiger partial charge in [-0.1, -0.05) is 26.0 Å². The van der Waals surface area contributed by atoms with Gasteiger partial charge in [0.25, 0.3) is 0 Å². The molecule has 0 unspecified atom stereocenters. The third-order valence-corrected chi connectivity index (χ3v) is 3.53. The van der Waals surface area contributed by atoms with Crippen molar-refractivity contribution in [1.29, 1.82) is 0 Å². The maximum atomic E-state index is 4.66. The molecule has 0 spiro atoms. The second-order valence-electron chi connectivity index (χ2n) is 4.67. The van der Waals surface area contributed by atoms with Crippen LogP contribution in [0, 0.1) is 0 Å². The molecule has 0 amide bonds. The molecule has 0 radical (unpaired) electrons. The SMILES string of the molecule is C=C(C)CN(CC)Cc1csc(CNCCC)n1. The molecule has 0 aliphatic carbocycles. The molecular weight excluding hydrogens is 242 g/mol. The van der Waals surface area contributed by atoms with Gasteiger partial charge in [-0.3, -0.25) is 4.90 Å². The highest BCUT2D eigenvalue weighted by atomic mass is 32.1. The first-order valence-corrected chi connectivity index (χ1v) is 7.54. The molecule has 102 valence electrons. The summed E-state index contributed by atoms with van der Waals surface area (Å²) in [6.07, 6.45) is 1.17. The first-order chi connectivity index (χ1) is 8.65. The van der Waals surface area contributed by atoms with Crippen molar-refractivity contribution >= 4 is 11.3 Å². The lowest BCUT2D eigenvalue weighted by Crippen LogP contribution is -2.24. The number of aromatic nitrogens is 1. The number of hydrogen-bond donors (Lipinski definition) is 1. The van der Waals surface area contributed by atoms with Crippen LogP contribution < -0.4 is 5.32 Å². The summed E-state index contributed by atoms with van der Waals surface area (Å²) >= 11 is 1.75. The number of nitrogens with one attached hydrogen (secondary N) is 1. The minimum atomic E-state index is 0.894. The Morgan fingerprint density at radius 1 is 1.50 bits per heavy atom. The fraction of sp³-hybridized carbons (Fsp3) is 0.643. The molecule has 0 aromatic carbocycles. The molecule has 0 saturated heterocycles. The zero-order chi connectivity index (χ0) is 13.4. The van der Waals surface area contributed by atoms with Gasteiger partial charge in [-0.15, -0.1) is 11.3 Å². The van der Waals surface area contributed by atoms with E-state index in [0.29, 0.717) is 0 Å². The van der Waals surface area contributed by atoms with Crippen LogP contribution in [0.5, 0.6) is 0 Å². The van der Waals surface area contributed by atoms with Crippen LogP contribution in [0.4, 0.5) is 0 Å². The van der Waals surface area contributed by atoms with Crippen molar-refractivity contribution in [3.63, 3.8) is 0 Å². The van der Waals surface area contributed by atoms with E-state index in [9.17, 15) is 0 Å². The summed E-state index contributed by atoms with van der Waals surface area (Å²) in [7, 11) is 0. The van der Waals surface area contributed by atoms with Crippen molar-refractivity contribution in [2.24, 2.45) is 0 Å². The summed E-state index contributed by atoms with van der Waals surface area (Å²) in [4.78, 5) is 7.02. The van der Waals surface area contributed by atoms with Crippen LogP contribution in [-0.2, 0) is 13.1 Å². The van der Waals surface area contributed by atoms with Crippen LogP contribution in [0.15, 0.2) is 17.5 Å². The molecule has 0 aliphatic rings. The minimum absolute atomic E-state index is 0.894. The van der Waals surface area contributed by atoms with Crippen LogP contribution in [0.25, 0.3) is 0 Å². The van der Waals surface area contributed by atoms with Crippen molar-refractivity contribution in [3.05, 3.63) is 28.2 Å². The number of rotatable bonds is 9. The van der Waals surface area contributed by atoms with Crippen molar-refractivity contribution in [3.8, 4) is 0 Å². The zero-order valence-electron chi connectivity index (χ0n) is 11.8. The van der Waals surface area contributed by atoms with Gasteiger partial charge in [0.2, 0.25) is 0 Å². The van der Waals surface area contributed by atoms with Crippen LogP contribution in [0.2, 0.25) is 0 Å². The van der Waals surface area contributed by atoms with E-state index >= 15 is 0 Å². The van der Waals surface area contributed by atoms with Gasteiger partial charge in [0.05, 0.1) is 5.69 Å². The van der Waals surface area contributed by atoms with Gasteiger partial charge >= 0.3 is 0 Å². The van der Waals surface area contributed by atoms with E-state index in [2.05, 4.69) is 47.9 Å². The summed E-state index contributed by atoms with van der Waals surface area (Å²) in [6.45, 7) is 15.3. The second kappa shape index (κ2) is 8.40. The molecule has 18 heavy (non-hydrogen) atoms. The molecule has 0 saturated carbocycles. The lowest BCUT2D eigenvalue weighted by atomic mass is 10.3. The molecule has 3 nitrogen and oxygen atoms in total. The van der Waals surface area contributed by atoms with Crippen molar-refractivity contribution in [2.75, 3.05) is 19.6 Å². The molecule has 0 fully saturated rings. The average molecular weight is 267 g/mol. The van der Waals surface area contributed by atoms with E-state index in [-0.39, 0.29) is 0 Å². The Labute approximate surface area is 115 Å². The van der Waals surface area contributed by atoms with Crippen LogP contribution in [0.1, 0.15) is 37.9 Å². The third kappa shape index (κ3) is 5.76. The Bertz CT molecular complexity index is 360. The summed E-state index contributed by atoms with van der Waals surface area (Å²) in [6, 6.07) is 0. The largest absolute Gasteiger partial charge is 0.310 e. The van der Waals surface area contributed by atoms with Crippen molar-refractivity contribution in [2.45, 2.75) is 40.3 Å². The summed E-state index contributed by atoms with van der Waals surface area (Å²) in [5.41, 5.74) is 2.38.